The van der Waals surface area contributed by atoms with Crippen LogP contribution in [0.15, 0.2) is 28.7 Å². The number of hydrogen-bond donors (Lipinski definition) is 0. The van der Waals surface area contributed by atoms with Crippen LogP contribution in [0.5, 0.6) is 0 Å². The first-order valence-electron chi connectivity index (χ1n) is 3.72. The molecule has 0 N–H and O–H groups in total. The summed E-state index contributed by atoms with van der Waals surface area (Å²) in [4.78, 5) is 0. The fourth-order valence-electron chi connectivity index (χ4n) is 1.01. The van der Waals surface area contributed by atoms with Gasteiger partial charge in [-0.15, -0.1) is 0 Å². The van der Waals surface area contributed by atoms with E-state index in [1.807, 2.05) is 0 Å². The van der Waals surface area contributed by atoms with Gasteiger partial charge in [0.2, 0.25) is 0 Å². The van der Waals surface area contributed by atoms with E-state index in [0.29, 0.717) is 0 Å². The van der Waals surface area contributed by atoms with Gasteiger partial charge in [-0.2, -0.15) is 0 Å². The van der Waals surface area contributed by atoms with Crippen molar-refractivity contribution in [1.29, 1.82) is 0 Å². The topological polar surface area (TPSA) is 0 Å². The van der Waals surface area contributed by atoms with Crippen LogP contribution >= 0.6 is 15.9 Å². The zero-order valence-electron chi connectivity index (χ0n) is 6.89. The molecule has 59 valence electrons. The minimum absolute atomic E-state index is 1.09. The molecule has 1 heteroatoms. The second-order valence-electron chi connectivity index (χ2n) is 3.01. The van der Waals surface area contributed by atoms with Crippen LogP contribution in [0.1, 0.15) is 19.4 Å². The van der Waals surface area contributed by atoms with Gasteiger partial charge < -0.3 is 0 Å². The van der Waals surface area contributed by atoms with Crippen LogP contribution in [0.4, 0.5) is 0 Å². The summed E-state index contributed by atoms with van der Waals surface area (Å²) in [5, 5.41) is 0. The first kappa shape index (κ1) is 8.79. The maximum absolute atomic E-state index is 3.40. The molecule has 0 aliphatic rings. The maximum Gasteiger partial charge on any atom is 0.0175 e. The van der Waals surface area contributed by atoms with E-state index >= 15 is 0 Å². The number of hydrogen-bond acceptors (Lipinski definition) is 0. The molecule has 0 atom stereocenters. The Balaban J connectivity index is 2.66. The minimum atomic E-state index is 1.09. The van der Waals surface area contributed by atoms with Crippen molar-refractivity contribution in [1.82, 2.24) is 0 Å². The van der Waals surface area contributed by atoms with E-state index in [2.05, 4.69) is 54.0 Å². The predicted molar refractivity (Wildman–Crippen MR) is 52.4 cm³/mol. The van der Waals surface area contributed by atoms with Crippen LogP contribution in [-0.2, 0) is 6.42 Å². The summed E-state index contributed by atoms with van der Waals surface area (Å²) in [5.74, 6) is 1.45. The average Bonchev–Trinajstić information content (AvgIpc) is 1.93. The van der Waals surface area contributed by atoms with Crippen molar-refractivity contribution < 1.29 is 0 Å². The maximum atomic E-state index is 3.40. The highest BCUT2D eigenvalue weighted by Crippen LogP contribution is 2.13. The fourth-order valence-corrected chi connectivity index (χ4v) is 1.27. The molecule has 0 heterocycles. The van der Waals surface area contributed by atoms with Crippen LogP contribution in [0, 0.1) is 5.92 Å². The summed E-state index contributed by atoms with van der Waals surface area (Å²) < 4.78 is 1.15. The van der Waals surface area contributed by atoms with E-state index < -0.39 is 0 Å². The summed E-state index contributed by atoms with van der Waals surface area (Å²) in [6.45, 7) is 4.31. The van der Waals surface area contributed by atoms with Crippen molar-refractivity contribution in [3.05, 3.63) is 40.2 Å². The molecule has 0 aromatic heterocycles. The van der Waals surface area contributed by atoms with Gasteiger partial charge in [-0.25, -0.2) is 0 Å². The summed E-state index contributed by atoms with van der Waals surface area (Å²) in [5.41, 5.74) is 1.38. The Morgan fingerprint density at radius 3 is 2.18 bits per heavy atom. The molecule has 0 saturated heterocycles. The molecule has 0 aliphatic heterocycles. The number of benzene rings is 1. The molecule has 1 radical (unpaired) electrons. The van der Waals surface area contributed by atoms with E-state index in [9.17, 15) is 0 Å². The normalized spacial score (nSPS) is 10.5. The van der Waals surface area contributed by atoms with Crippen molar-refractivity contribution in [3.63, 3.8) is 0 Å². The predicted octanol–water partition coefficient (Wildman–Crippen LogP) is 3.61. The van der Waals surface area contributed by atoms with Gasteiger partial charge in [-0.3, -0.25) is 0 Å². The molecule has 0 amide bonds. The highest BCUT2D eigenvalue weighted by atomic mass is 79.9. The molecule has 0 nitrogen and oxygen atoms in total. The second kappa shape index (κ2) is 3.91. The van der Waals surface area contributed by atoms with Crippen LogP contribution < -0.4 is 0 Å². The lowest BCUT2D eigenvalue weighted by Gasteiger charge is -2.03. The summed E-state index contributed by atoms with van der Waals surface area (Å²) >= 11 is 3.40. The van der Waals surface area contributed by atoms with E-state index in [4.69, 9.17) is 0 Å². The molecule has 0 saturated carbocycles. The van der Waals surface area contributed by atoms with Gasteiger partial charge in [-0.1, -0.05) is 41.9 Å². The van der Waals surface area contributed by atoms with Gasteiger partial charge in [-0.05, 0) is 30.0 Å². The Hall–Kier alpha value is -0.300. The third kappa shape index (κ3) is 3.06. The lowest BCUT2D eigenvalue weighted by molar-refractivity contribution is 0.956. The zero-order valence-corrected chi connectivity index (χ0v) is 8.48. The standard InChI is InChI=1S/C10H12Br/c1-8(2)7-9-3-5-10(11)6-4-9/h3-6H,7H2,1-2H3. The first-order valence-corrected chi connectivity index (χ1v) is 4.51. The molecule has 0 unspecified atom stereocenters. The van der Waals surface area contributed by atoms with Gasteiger partial charge in [0.15, 0.2) is 0 Å². The quantitative estimate of drug-likeness (QED) is 0.702. The summed E-state index contributed by atoms with van der Waals surface area (Å²) in [6, 6.07) is 8.46. The lowest BCUT2D eigenvalue weighted by Crippen LogP contribution is -1.90. The lowest BCUT2D eigenvalue weighted by atomic mass is 10.0. The van der Waals surface area contributed by atoms with Gasteiger partial charge in [0.05, 0.1) is 0 Å². The molecule has 0 spiro atoms. The molecule has 11 heavy (non-hydrogen) atoms. The third-order valence-electron chi connectivity index (χ3n) is 1.47. The van der Waals surface area contributed by atoms with Crippen molar-refractivity contribution in [2.24, 2.45) is 0 Å². The molecule has 0 fully saturated rings. The average molecular weight is 212 g/mol. The minimum Gasteiger partial charge on any atom is -0.0591 e. The Kier molecular flexibility index (Phi) is 3.13. The van der Waals surface area contributed by atoms with Crippen molar-refractivity contribution in [2.75, 3.05) is 0 Å². The third-order valence-corrected chi connectivity index (χ3v) is 2.00. The molecular weight excluding hydrogens is 200 g/mol. The van der Waals surface area contributed by atoms with Crippen molar-refractivity contribution in [3.8, 4) is 0 Å². The van der Waals surface area contributed by atoms with Gasteiger partial charge in [0, 0.05) is 4.47 Å². The van der Waals surface area contributed by atoms with Gasteiger partial charge >= 0.3 is 0 Å². The van der Waals surface area contributed by atoms with E-state index in [0.717, 1.165) is 10.9 Å². The zero-order chi connectivity index (χ0) is 8.27. The van der Waals surface area contributed by atoms with Crippen molar-refractivity contribution in [2.45, 2.75) is 20.3 Å². The van der Waals surface area contributed by atoms with Gasteiger partial charge in [0.1, 0.15) is 0 Å². The second-order valence-corrected chi connectivity index (χ2v) is 3.93. The summed E-state index contributed by atoms with van der Waals surface area (Å²) in [7, 11) is 0. The van der Waals surface area contributed by atoms with E-state index in [1.165, 1.54) is 11.5 Å². The molecule has 1 rings (SSSR count). The monoisotopic (exact) mass is 211 g/mol. The highest BCUT2D eigenvalue weighted by Gasteiger charge is 1.96. The Morgan fingerprint density at radius 1 is 1.18 bits per heavy atom. The molecule has 1 aromatic rings. The SMILES string of the molecule is C[C](C)Cc1ccc(Br)cc1. The molecular formula is C10H12Br. The highest BCUT2D eigenvalue weighted by molar-refractivity contribution is 9.10. The molecule has 0 bridgehead atoms. The Morgan fingerprint density at radius 2 is 1.73 bits per heavy atom. The molecule has 0 aliphatic carbocycles. The molecule has 1 aromatic carbocycles. The van der Waals surface area contributed by atoms with Crippen molar-refractivity contribution >= 4 is 15.9 Å². The number of rotatable bonds is 2. The van der Waals surface area contributed by atoms with E-state index in [-0.39, 0.29) is 0 Å². The Bertz CT molecular complexity index is 211. The first-order chi connectivity index (χ1) is 5.18. The van der Waals surface area contributed by atoms with Crippen LogP contribution in [0.3, 0.4) is 0 Å². The number of halogens is 1. The fraction of sp³-hybridized carbons (Fsp3) is 0.300. The Labute approximate surface area is 76.8 Å². The smallest absolute Gasteiger partial charge is 0.0175 e. The van der Waals surface area contributed by atoms with Crippen LogP contribution in [0.2, 0.25) is 0 Å². The van der Waals surface area contributed by atoms with Crippen LogP contribution in [0.25, 0.3) is 0 Å². The largest absolute Gasteiger partial charge is 0.0591 e. The van der Waals surface area contributed by atoms with Gasteiger partial charge in [0.25, 0.3) is 0 Å². The van der Waals surface area contributed by atoms with Crippen LogP contribution in [-0.4, -0.2) is 0 Å². The summed E-state index contributed by atoms with van der Waals surface area (Å²) in [6.07, 6.45) is 1.09. The van der Waals surface area contributed by atoms with E-state index in [1.54, 1.807) is 0 Å².